The van der Waals surface area contributed by atoms with Gasteiger partial charge in [0.15, 0.2) is 10.8 Å². The van der Waals surface area contributed by atoms with Crippen molar-refractivity contribution in [1.82, 2.24) is 14.7 Å². The van der Waals surface area contributed by atoms with Crippen molar-refractivity contribution in [1.29, 1.82) is 0 Å². The summed E-state index contributed by atoms with van der Waals surface area (Å²) in [5.74, 6) is 1.15. The number of rotatable bonds is 4. The van der Waals surface area contributed by atoms with Gasteiger partial charge in [-0.25, -0.2) is 4.98 Å². The molecule has 1 aliphatic rings. The summed E-state index contributed by atoms with van der Waals surface area (Å²) in [6, 6.07) is 0.690. The lowest BCUT2D eigenvalue weighted by Gasteiger charge is -2.35. The largest absolute Gasteiger partial charge is 0.355 e. The van der Waals surface area contributed by atoms with Gasteiger partial charge in [0.2, 0.25) is 0 Å². The molecule has 0 amide bonds. The highest BCUT2D eigenvalue weighted by Crippen LogP contribution is 2.31. The molecule has 5 heteroatoms. The molecule has 1 saturated carbocycles. The van der Waals surface area contributed by atoms with Crippen molar-refractivity contribution in [2.45, 2.75) is 31.8 Å². The van der Waals surface area contributed by atoms with E-state index >= 15 is 0 Å². The number of nitrogens with zero attached hydrogens (tertiary/aromatic N) is 3. The second kappa shape index (κ2) is 4.31. The van der Waals surface area contributed by atoms with Gasteiger partial charge < -0.3 is 10.2 Å². The number of thiazole rings is 1. The Hall–Kier alpha value is -1.07. The van der Waals surface area contributed by atoms with Crippen LogP contribution in [0.1, 0.15) is 25.0 Å². The van der Waals surface area contributed by atoms with Crippen LogP contribution in [0.5, 0.6) is 0 Å². The molecule has 92 valence electrons. The van der Waals surface area contributed by atoms with Crippen LogP contribution >= 0.6 is 11.3 Å². The molecule has 1 N–H and O–H groups in total. The summed E-state index contributed by atoms with van der Waals surface area (Å²) in [4.78, 5) is 8.21. The molecule has 0 radical (unpaired) electrons. The van der Waals surface area contributed by atoms with Crippen LogP contribution in [0.2, 0.25) is 0 Å². The average Bonchev–Trinajstić information content (AvgIpc) is 2.78. The van der Waals surface area contributed by atoms with Gasteiger partial charge in [-0.1, -0.05) is 0 Å². The first kappa shape index (κ1) is 11.0. The summed E-state index contributed by atoms with van der Waals surface area (Å²) < 4.78 is 2.20. The van der Waals surface area contributed by atoms with E-state index in [1.54, 1.807) is 11.3 Å². The Morgan fingerprint density at radius 1 is 1.59 bits per heavy atom. The highest BCUT2D eigenvalue weighted by atomic mass is 32.1. The first-order chi connectivity index (χ1) is 8.31. The quantitative estimate of drug-likeness (QED) is 0.902. The third-order valence-electron chi connectivity index (χ3n) is 3.64. The van der Waals surface area contributed by atoms with E-state index in [2.05, 4.69) is 33.2 Å². The van der Waals surface area contributed by atoms with Crippen molar-refractivity contribution in [3.05, 3.63) is 17.3 Å². The first-order valence-electron chi connectivity index (χ1n) is 6.13. The molecular formula is C12H18N4S. The predicted octanol–water partition coefficient (Wildman–Crippen LogP) is 2.10. The minimum absolute atomic E-state index is 0.690. The van der Waals surface area contributed by atoms with Gasteiger partial charge >= 0.3 is 0 Å². The van der Waals surface area contributed by atoms with Crippen LogP contribution in [0.15, 0.2) is 11.6 Å². The van der Waals surface area contributed by atoms with E-state index in [9.17, 15) is 0 Å². The first-order valence-corrected chi connectivity index (χ1v) is 7.01. The predicted molar refractivity (Wildman–Crippen MR) is 71.9 cm³/mol. The molecule has 2 heterocycles. The number of imidazole rings is 1. The topological polar surface area (TPSA) is 32.6 Å². The highest BCUT2D eigenvalue weighted by molar-refractivity contribution is 7.15. The van der Waals surface area contributed by atoms with E-state index in [4.69, 9.17) is 4.98 Å². The maximum absolute atomic E-state index is 4.76. The van der Waals surface area contributed by atoms with Gasteiger partial charge in [-0.2, -0.15) is 0 Å². The average molecular weight is 250 g/mol. The zero-order chi connectivity index (χ0) is 11.8. The molecule has 2 aromatic rings. The number of fused-ring (bicyclic) bond motifs is 1. The molecule has 4 nitrogen and oxygen atoms in total. The van der Waals surface area contributed by atoms with E-state index in [1.807, 2.05) is 7.05 Å². The van der Waals surface area contributed by atoms with Gasteiger partial charge in [0.25, 0.3) is 0 Å². The van der Waals surface area contributed by atoms with Crippen molar-refractivity contribution in [3.8, 4) is 0 Å². The Labute approximate surface area is 105 Å². The molecule has 0 bridgehead atoms. The normalized spacial score (nSPS) is 16.4. The van der Waals surface area contributed by atoms with Crippen molar-refractivity contribution in [3.63, 3.8) is 0 Å². The summed E-state index contributed by atoms with van der Waals surface area (Å²) in [5.41, 5.74) is 1.28. The third-order valence-corrected chi connectivity index (χ3v) is 4.40. The summed E-state index contributed by atoms with van der Waals surface area (Å²) in [7, 11) is 4.16. The maximum atomic E-state index is 4.76. The van der Waals surface area contributed by atoms with Crippen LogP contribution in [0.3, 0.4) is 0 Å². The highest BCUT2D eigenvalue weighted by Gasteiger charge is 2.26. The van der Waals surface area contributed by atoms with Gasteiger partial charge in [0, 0.05) is 31.2 Å². The Morgan fingerprint density at radius 3 is 3.06 bits per heavy atom. The third kappa shape index (κ3) is 1.73. The SMILES string of the molecule is CNCc1c(N(C)C2CCC2)nc2sccn12. The van der Waals surface area contributed by atoms with Crippen molar-refractivity contribution in [2.75, 3.05) is 19.0 Å². The summed E-state index contributed by atoms with van der Waals surface area (Å²) in [6.07, 6.45) is 6.08. The Kier molecular flexibility index (Phi) is 2.80. The zero-order valence-corrected chi connectivity index (χ0v) is 11.1. The molecule has 0 saturated heterocycles. The van der Waals surface area contributed by atoms with Gasteiger partial charge in [0.1, 0.15) is 0 Å². The Morgan fingerprint density at radius 2 is 2.41 bits per heavy atom. The van der Waals surface area contributed by atoms with Crippen LogP contribution in [0, 0.1) is 0 Å². The van der Waals surface area contributed by atoms with Crippen LogP contribution in [0.4, 0.5) is 5.82 Å². The molecule has 3 rings (SSSR count). The number of hydrogen-bond donors (Lipinski definition) is 1. The lowest BCUT2D eigenvalue weighted by molar-refractivity contribution is 0.399. The van der Waals surface area contributed by atoms with Gasteiger partial charge in [-0.15, -0.1) is 11.3 Å². The van der Waals surface area contributed by atoms with Crippen LogP contribution in [-0.4, -0.2) is 29.5 Å². The molecule has 0 atom stereocenters. The molecule has 0 aromatic carbocycles. The fraction of sp³-hybridized carbons (Fsp3) is 0.583. The molecule has 17 heavy (non-hydrogen) atoms. The minimum Gasteiger partial charge on any atom is -0.355 e. The van der Waals surface area contributed by atoms with Crippen molar-refractivity contribution >= 4 is 22.1 Å². The molecule has 1 aliphatic carbocycles. The maximum Gasteiger partial charge on any atom is 0.195 e. The number of aromatic nitrogens is 2. The summed E-state index contributed by atoms with van der Waals surface area (Å²) >= 11 is 1.70. The minimum atomic E-state index is 0.690. The van der Waals surface area contributed by atoms with E-state index in [0.29, 0.717) is 6.04 Å². The molecule has 0 spiro atoms. The number of anilines is 1. The molecular weight excluding hydrogens is 232 g/mol. The lowest BCUT2D eigenvalue weighted by Crippen LogP contribution is -2.38. The monoisotopic (exact) mass is 250 g/mol. The van der Waals surface area contributed by atoms with Crippen LogP contribution < -0.4 is 10.2 Å². The van der Waals surface area contributed by atoms with E-state index in [-0.39, 0.29) is 0 Å². The summed E-state index contributed by atoms with van der Waals surface area (Å²) in [6.45, 7) is 0.865. The summed E-state index contributed by atoms with van der Waals surface area (Å²) in [5, 5.41) is 5.33. The fourth-order valence-electron chi connectivity index (χ4n) is 2.38. The van der Waals surface area contributed by atoms with E-state index in [1.165, 1.54) is 25.0 Å². The molecule has 0 unspecified atom stereocenters. The van der Waals surface area contributed by atoms with Crippen molar-refractivity contribution in [2.24, 2.45) is 0 Å². The Bertz CT molecular complexity index is 512. The van der Waals surface area contributed by atoms with E-state index in [0.717, 1.165) is 17.3 Å². The smallest absolute Gasteiger partial charge is 0.195 e. The second-order valence-corrected chi connectivity index (χ2v) is 5.54. The molecule has 2 aromatic heterocycles. The van der Waals surface area contributed by atoms with Gasteiger partial charge in [-0.05, 0) is 26.3 Å². The fourth-order valence-corrected chi connectivity index (χ4v) is 3.11. The lowest BCUT2D eigenvalue weighted by atomic mass is 9.92. The van der Waals surface area contributed by atoms with Crippen LogP contribution in [0.25, 0.3) is 4.96 Å². The van der Waals surface area contributed by atoms with Gasteiger partial charge in [0.05, 0.1) is 5.69 Å². The van der Waals surface area contributed by atoms with Crippen LogP contribution in [-0.2, 0) is 6.54 Å². The zero-order valence-electron chi connectivity index (χ0n) is 10.3. The second-order valence-electron chi connectivity index (χ2n) is 4.66. The van der Waals surface area contributed by atoms with E-state index < -0.39 is 0 Å². The molecule has 0 aliphatic heterocycles. The number of nitrogens with one attached hydrogen (secondary N) is 1. The molecule has 1 fully saturated rings. The Balaban J connectivity index is 2.00. The van der Waals surface area contributed by atoms with Crippen molar-refractivity contribution < 1.29 is 0 Å². The standard InChI is InChI=1S/C12H18N4S/c1-13-8-10-11(15(2)9-4-3-5-9)14-12-16(10)6-7-17-12/h6-7,9,13H,3-5,8H2,1-2H3. The van der Waals surface area contributed by atoms with Gasteiger partial charge in [-0.3, -0.25) is 4.40 Å². The number of hydrogen-bond acceptors (Lipinski definition) is 4.